The van der Waals surface area contributed by atoms with E-state index in [0.717, 1.165) is 35.0 Å². The lowest BCUT2D eigenvalue weighted by Gasteiger charge is -2.05. The fourth-order valence-corrected chi connectivity index (χ4v) is 2.65. The molecule has 0 fully saturated rings. The zero-order chi connectivity index (χ0) is 14.1. The topological polar surface area (TPSA) is 21.5 Å². The van der Waals surface area contributed by atoms with Gasteiger partial charge < -0.3 is 4.40 Å². The van der Waals surface area contributed by atoms with Crippen molar-refractivity contribution >= 4 is 11.8 Å². The van der Waals surface area contributed by atoms with Crippen LogP contribution in [0.4, 0.5) is 0 Å². The third-order valence-electron chi connectivity index (χ3n) is 3.82. The summed E-state index contributed by atoms with van der Waals surface area (Å²) in [5.41, 5.74) is 6.32. The third kappa shape index (κ3) is 1.94. The van der Waals surface area contributed by atoms with Gasteiger partial charge in [-0.05, 0) is 42.2 Å². The van der Waals surface area contributed by atoms with E-state index in [-0.39, 0.29) is 0 Å². The smallest absolute Gasteiger partial charge is 0.167 e. The molecular formula is C18H17NO. The second-order valence-electron chi connectivity index (χ2n) is 5.06. The number of carbonyl (C=O) groups is 1. The van der Waals surface area contributed by atoms with Crippen LogP contribution in [0.25, 0.3) is 16.6 Å². The summed E-state index contributed by atoms with van der Waals surface area (Å²) in [7, 11) is 0. The maximum atomic E-state index is 11.6. The summed E-state index contributed by atoms with van der Waals surface area (Å²) in [5.74, 6) is 0. The predicted molar refractivity (Wildman–Crippen MR) is 82.3 cm³/mol. The molecule has 1 aromatic carbocycles. The summed E-state index contributed by atoms with van der Waals surface area (Å²) in [6, 6.07) is 14.5. The normalized spacial score (nSPS) is 10.9. The molecule has 3 aromatic rings. The van der Waals surface area contributed by atoms with Crippen molar-refractivity contribution in [2.24, 2.45) is 0 Å². The number of fused-ring (bicyclic) bond motifs is 1. The van der Waals surface area contributed by atoms with Crippen LogP contribution >= 0.6 is 0 Å². The predicted octanol–water partition coefficient (Wildman–Crippen LogP) is 4.29. The molecule has 0 unspecified atom stereocenters. The van der Waals surface area contributed by atoms with Gasteiger partial charge in [-0.25, -0.2) is 0 Å². The SMILES string of the molecule is CCc1ccc2cc(-c3ccccc3C)c(C=O)n2c1. The van der Waals surface area contributed by atoms with Crippen molar-refractivity contribution in [3.63, 3.8) is 0 Å². The first-order valence-electron chi connectivity index (χ1n) is 6.89. The fourth-order valence-electron chi connectivity index (χ4n) is 2.65. The number of pyridine rings is 1. The average Bonchev–Trinajstić information content (AvgIpc) is 2.84. The van der Waals surface area contributed by atoms with Crippen molar-refractivity contribution in [2.75, 3.05) is 0 Å². The van der Waals surface area contributed by atoms with Crippen LogP contribution < -0.4 is 0 Å². The minimum atomic E-state index is 0.726. The number of benzene rings is 1. The minimum Gasteiger partial charge on any atom is -0.313 e. The van der Waals surface area contributed by atoms with Crippen LogP contribution in [0.5, 0.6) is 0 Å². The van der Waals surface area contributed by atoms with Gasteiger partial charge in [-0.1, -0.05) is 37.3 Å². The van der Waals surface area contributed by atoms with Crippen LogP contribution in [0.1, 0.15) is 28.5 Å². The van der Waals surface area contributed by atoms with E-state index in [1.165, 1.54) is 11.1 Å². The van der Waals surface area contributed by atoms with Crippen molar-refractivity contribution in [3.05, 3.63) is 65.5 Å². The van der Waals surface area contributed by atoms with Crippen LogP contribution in [-0.4, -0.2) is 10.7 Å². The molecule has 2 nitrogen and oxygen atoms in total. The number of nitrogens with zero attached hydrogens (tertiary/aromatic N) is 1. The summed E-state index contributed by atoms with van der Waals surface area (Å²) in [5, 5.41) is 0. The Morgan fingerprint density at radius 1 is 1.10 bits per heavy atom. The zero-order valence-electron chi connectivity index (χ0n) is 11.8. The number of hydrogen-bond donors (Lipinski definition) is 0. The maximum absolute atomic E-state index is 11.6. The zero-order valence-corrected chi connectivity index (χ0v) is 11.8. The Bertz CT molecular complexity index is 783. The van der Waals surface area contributed by atoms with E-state index in [2.05, 4.69) is 50.4 Å². The Morgan fingerprint density at radius 2 is 1.90 bits per heavy atom. The molecule has 0 N–H and O–H groups in total. The molecule has 0 amide bonds. The standard InChI is InChI=1S/C18H17NO/c1-3-14-8-9-15-10-17(18(12-20)19(15)11-14)16-7-5-4-6-13(16)2/h4-12H,3H2,1-2H3. The minimum absolute atomic E-state index is 0.726. The van der Waals surface area contributed by atoms with Crippen LogP contribution in [0.3, 0.4) is 0 Å². The molecule has 0 bridgehead atoms. The van der Waals surface area contributed by atoms with Crippen molar-refractivity contribution in [1.82, 2.24) is 4.40 Å². The van der Waals surface area contributed by atoms with Crippen molar-refractivity contribution < 1.29 is 4.79 Å². The van der Waals surface area contributed by atoms with Crippen molar-refractivity contribution in [2.45, 2.75) is 20.3 Å². The molecule has 0 saturated heterocycles. The van der Waals surface area contributed by atoms with Crippen LogP contribution in [0.2, 0.25) is 0 Å². The summed E-state index contributed by atoms with van der Waals surface area (Å²) in [6.07, 6.45) is 3.97. The largest absolute Gasteiger partial charge is 0.313 e. The van der Waals surface area contributed by atoms with Crippen LogP contribution in [0, 0.1) is 6.92 Å². The Morgan fingerprint density at radius 3 is 2.60 bits per heavy atom. The number of aromatic nitrogens is 1. The molecule has 0 saturated carbocycles. The van der Waals surface area contributed by atoms with Gasteiger partial charge in [0.2, 0.25) is 0 Å². The molecule has 0 aliphatic carbocycles. The molecule has 0 aliphatic rings. The van der Waals surface area contributed by atoms with Gasteiger partial charge in [-0.3, -0.25) is 4.79 Å². The first-order chi connectivity index (χ1) is 9.74. The molecular weight excluding hydrogens is 246 g/mol. The van der Waals surface area contributed by atoms with Gasteiger partial charge in [-0.2, -0.15) is 0 Å². The summed E-state index contributed by atoms with van der Waals surface area (Å²) < 4.78 is 1.99. The summed E-state index contributed by atoms with van der Waals surface area (Å²) >= 11 is 0. The fraction of sp³-hybridized carbons (Fsp3) is 0.167. The lowest BCUT2D eigenvalue weighted by molar-refractivity contribution is 0.111. The molecule has 0 spiro atoms. The van der Waals surface area contributed by atoms with Gasteiger partial charge in [0.25, 0.3) is 0 Å². The molecule has 0 radical (unpaired) electrons. The second-order valence-corrected chi connectivity index (χ2v) is 5.06. The quantitative estimate of drug-likeness (QED) is 0.646. The highest BCUT2D eigenvalue weighted by Gasteiger charge is 2.13. The molecule has 3 rings (SSSR count). The number of hydrogen-bond acceptors (Lipinski definition) is 1. The highest BCUT2D eigenvalue weighted by Crippen LogP contribution is 2.29. The van der Waals surface area contributed by atoms with Gasteiger partial charge in [0.15, 0.2) is 6.29 Å². The van der Waals surface area contributed by atoms with Gasteiger partial charge >= 0.3 is 0 Å². The molecule has 2 aromatic heterocycles. The van der Waals surface area contributed by atoms with E-state index < -0.39 is 0 Å². The van der Waals surface area contributed by atoms with E-state index in [1.54, 1.807) is 0 Å². The average molecular weight is 263 g/mol. The van der Waals surface area contributed by atoms with Gasteiger partial charge in [0.05, 0.1) is 5.69 Å². The van der Waals surface area contributed by atoms with E-state index in [1.807, 2.05) is 16.5 Å². The van der Waals surface area contributed by atoms with Gasteiger partial charge in [0, 0.05) is 17.3 Å². The molecule has 0 aliphatic heterocycles. The van der Waals surface area contributed by atoms with E-state index in [9.17, 15) is 4.79 Å². The highest BCUT2D eigenvalue weighted by molar-refractivity contribution is 5.90. The lowest BCUT2D eigenvalue weighted by atomic mass is 10.0. The number of rotatable bonds is 3. The van der Waals surface area contributed by atoms with E-state index in [4.69, 9.17) is 0 Å². The first-order valence-corrected chi connectivity index (χ1v) is 6.89. The second kappa shape index (κ2) is 4.97. The molecule has 2 heteroatoms. The lowest BCUT2D eigenvalue weighted by Crippen LogP contribution is -1.95. The highest BCUT2D eigenvalue weighted by atomic mass is 16.1. The molecule has 100 valence electrons. The van der Waals surface area contributed by atoms with Gasteiger partial charge in [0.1, 0.15) is 0 Å². The molecule has 2 heterocycles. The molecule has 20 heavy (non-hydrogen) atoms. The van der Waals surface area contributed by atoms with Crippen molar-refractivity contribution in [1.29, 1.82) is 0 Å². The number of aryl methyl sites for hydroxylation is 2. The third-order valence-corrected chi connectivity index (χ3v) is 3.82. The van der Waals surface area contributed by atoms with Crippen LogP contribution in [-0.2, 0) is 6.42 Å². The Hall–Kier alpha value is -2.35. The summed E-state index contributed by atoms with van der Waals surface area (Å²) in [4.78, 5) is 11.6. The Labute approximate surface area is 118 Å². The van der Waals surface area contributed by atoms with Gasteiger partial charge in [-0.15, -0.1) is 0 Å². The monoisotopic (exact) mass is 263 g/mol. The Balaban J connectivity index is 2.31. The Kier molecular flexibility index (Phi) is 3.15. The number of carbonyl (C=O) groups excluding carboxylic acids is 1. The van der Waals surface area contributed by atoms with Crippen molar-refractivity contribution in [3.8, 4) is 11.1 Å². The first kappa shape index (κ1) is 12.7. The van der Waals surface area contributed by atoms with E-state index >= 15 is 0 Å². The number of aldehydes is 1. The summed E-state index contributed by atoms with van der Waals surface area (Å²) in [6.45, 7) is 4.19. The van der Waals surface area contributed by atoms with E-state index in [0.29, 0.717) is 0 Å². The maximum Gasteiger partial charge on any atom is 0.167 e. The van der Waals surface area contributed by atoms with Crippen LogP contribution in [0.15, 0.2) is 48.7 Å². The molecule has 0 atom stereocenters.